The van der Waals surface area contributed by atoms with Crippen LogP contribution in [-0.2, 0) is 4.74 Å². The molecular weight excluding hydrogens is 304 g/mol. The Labute approximate surface area is 142 Å². The van der Waals surface area contributed by atoms with Crippen LogP contribution in [0.4, 0.5) is 11.5 Å². The van der Waals surface area contributed by atoms with E-state index < -0.39 is 0 Å². The monoisotopic (exact) mass is 326 g/mol. The molecule has 0 N–H and O–H groups in total. The van der Waals surface area contributed by atoms with Gasteiger partial charge in [-0.25, -0.2) is 9.78 Å². The van der Waals surface area contributed by atoms with Gasteiger partial charge in [0.25, 0.3) is 0 Å². The molecule has 126 valence electrons. The molecule has 2 heterocycles. The third-order valence-electron chi connectivity index (χ3n) is 4.32. The van der Waals surface area contributed by atoms with Crippen molar-refractivity contribution >= 4 is 17.5 Å². The van der Waals surface area contributed by atoms with E-state index in [1.165, 1.54) is 7.11 Å². The molecule has 1 atom stereocenters. The Morgan fingerprint density at radius 3 is 2.58 bits per heavy atom. The van der Waals surface area contributed by atoms with Gasteiger partial charge in [0.2, 0.25) is 0 Å². The molecule has 24 heavy (non-hydrogen) atoms. The van der Waals surface area contributed by atoms with Gasteiger partial charge in [-0.15, -0.1) is 0 Å². The summed E-state index contributed by atoms with van der Waals surface area (Å²) in [6.07, 6.45) is 3.59. The van der Waals surface area contributed by atoms with E-state index in [0.717, 1.165) is 36.8 Å². The van der Waals surface area contributed by atoms with Gasteiger partial charge in [0.1, 0.15) is 5.82 Å². The zero-order chi connectivity index (χ0) is 17.1. The van der Waals surface area contributed by atoms with Crippen LogP contribution < -0.4 is 9.80 Å². The van der Waals surface area contributed by atoms with Crippen molar-refractivity contribution in [1.29, 1.82) is 0 Å². The molecule has 0 spiro atoms. The second kappa shape index (κ2) is 6.86. The minimum absolute atomic E-state index is 0.308. The SMILES string of the molecule is COC(=O)c1ccc(N2CCN(c3cncc(C)n3)C(C)C2)cc1. The lowest BCUT2D eigenvalue weighted by Crippen LogP contribution is -2.52. The average molecular weight is 326 g/mol. The quantitative estimate of drug-likeness (QED) is 0.807. The highest BCUT2D eigenvalue weighted by atomic mass is 16.5. The Balaban J connectivity index is 1.70. The van der Waals surface area contributed by atoms with E-state index >= 15 is 0 Å². The molecule has 0 saturated carbocycles. The predicted molar refractivity (Wildman–Crippen MR) is 93.6 cm³/mol. The fourth-order valence-electron chi connectivity index (χ4n) is 3.05. The number of methoxy groups -OCH3 is 1. The molecule has 3 rings (SSSR count). The number of piperazine rings is 1. The van der Waals surface area contributed by atoms with Crippen molar-refractivity contribution in [3.8, 4) is 0 Å². The number of carbonyl (C=O) groups is 1. The zero-order valence-electron chi connectivity index (χ0n) is 14.3. The Hall–Kier alpha value is -2.63. The van der Waals surface area contributed by atoms with Crippen molar-refractivity contribution in [2.45, 2.75) is 19.9 Å². The topological polar surface area (TPSA) is 58.6 Å². The lowest BCUT2D eigenvalue weighted by atomic mass is 10.1. The van der Waals surface area contributed by atoms with Crippen LogP contribution in [0.2, 0.25) is 0 Å². The van der Waals surface area contributed by atoms with Gasteiger partial charge < -0.3 is 14.5 Å². The Morgan fingerprint density at radius 1 is 1.21 bits per heavy atom. The van der Waals surface area contributed by atoms with Gasteiger partial charge in [-0.3, -0.25) is 4.98 Å². The first kappa shape index (κ1) is 16.2. The number of hydrogen-bond acceptors (Lipinski definition) is 6. The minimum atomic E-state index is -0.308. The number of aryl methyl sites for hydroxylation is 1. The molecule has 1 aliphatic rings. The van der Waals surface area contributed by atoms with Crippen LogP contribution in [0.1, 0.15) is 23.0 Å². The van der Waals surface area contributed by atoms with Crippen LogP contribution in [0, 0.1) is 6.92 Å². The van der Waals surface area contributed by atoms with Gasteiger partial charge in [-0.1, -0.05) is 0 Å². The van der Waals surface area contributed by atoms with E-state index in [1.54, 1.807) is 6.20 Å². The lowest BCUT2D eigenvalue weighted by Gasteiger charge is -2.41. The summed E-state index contributed by atoms with van der Waals surface area (Å²) in [6.45, 7) is 6.84. The molecule has 0 amide bonds. The predicted octanol–water partition coefficient (Wildman–Crippen LogP) is 2.29. The number of benzene rings is 1. The molecule has 0 aliphatic carbocycles. The summed E-state index contributed by atoms with van der Waals surface area (Å²) < 4.78 is 4.74. The summed E-state index contributed by atoms with van der Waals surface area (Å²) in [4.78, 5) is 25.0. The smallest absolute Gasteiger partial charge is 0.337 e. The van der Waals surface area contributed by atoms with Gasteiger partial charge in [0.05, 0.1) is 24.6 Å². The number of anilines is 2. The molecule has 0 radical (unpaired) electrons. The summed E-state index contributed by atoms with van der Waals surface area (Å²) in [5.41, 5.74) is 2.62. The summed E-state index contributed by atoms with van der Waals surface area (Å²) in [5, 5.41) is 0. The van der Waals surface area contributed by atoms with Crippen LogP contribution in [-0.4, -0.2) is 48.7 Å². The first-order chi connectivity index (χ1) is 11.6. The molecular formula is C18H22N4O2. The van der Waals surface area contributed by atoms with Gasteiger partial charge in [0.15, 0.2) is 0 Å². The number of esters is 1. The molecule has 1 unspecified atom stereocenters. The molecule has 1 aromatic carbocycles. The largest absolute Gasteiger partial charge is 0.465 e. The molecule has 1 aliphatic heterocycles. The third kappa shape index (κ3) is 3.32. The van der Waals surface area contributed by atoms with Crippen molar-refractivity contribution < 1.29 is 9.53 Å². The van der Waals surface area contributed by atoms with E-state index in [-0.39, 0.29) is 5.97 Å². The fourth-order valence-corrected chi connectivity index (χ4v) is 3.05. The van der Waals surface area contributed by atoms with E-state index in [4.69, 9.17) is 4.74 Å². The van der Waals surface area contributed by atoms with Crippen molar-refractivity contribution in [2.24, 2.45) is 0 Å². The van der Waals surface area contributed by atoms with E-state index in [2.05, 4.69) is 26.7 Å². The van der Waals surface area contributed by atoms with Crippen LogP contribution in [0.15, 0.2) is 36.7 Å². The maximum absolute atomic E-state index is 11.5. The van der Waals surface area contributed by atoms with Crippen LogP contribution in [0.25, 0.3) is 0 Å². The molecule has 1 fully saturated rings. The van der Waals surface area contributed by atoms with E-state index in [9.17, 15) is 4.79 Å². The highest BCUT2D eigenvalue weighted by Gasteiger charge is 2.25. The summed E-state index contributed by atoms with van der Waals surface area (Å²) in [7, 11) is 1.39. The van der Waals surface area contributed by atoms with Gasteiger partial charge >= 0.3 is 5.97 Å². The molecule has 1 saturated heterocycles. The number of hydrogen-bond donors (Lipinski definition) is 0. The first-order valence-corrected chi connectivity index (χ1v) is 8.07. The number of aromatic nitrogens is 2. The van der Waals surface area contributed by atoms with Crippen molar-refractivity contribution in [3.05, 3.63) is 47.9 Å². The zero-order valence-corrected chi connectivity index (χ0v) is 14.3. The number of ether oxygens (including phenoxy) is 1. The highest BCUT2D eigenvalue weighted by Crippen LogP contribution is 2.23. The normalized spacial score (nSPS) is 17.7. The third-order valence-corrected chi connectivity index (χ3v) is 4.32. The molecule has 2 aromatic rings. The second-order valence-electron chi connectivity index (χ2n) is 6.05. The first-order valence-electron chi connectivity index (χ1n) is 8.07. The number of rotatable bonds is 3. The molecule has 6 heteroatoms. The maximum Gasteiger partial charge on any atom is 0.337 e. The van der Waals surface area contributed by atoms with Gasteiger partial charge in [-0.2, -0.15) is 0 Å². The standard InChI is InChI=1S/C18H22N4O2/c1-13-10-19-11-17(20-13)22-9-8-21(12-14(22)2)16-6-4-15(5-7-16)18(23)24-3/h4-7,10-11,14H,8-9,12H2,1-3H3. The Morgan fingerprint density at radius 2 is 1.96 bits per heavy atom. The molecule has 6 nitrogen and oxygen atoms in total. The Bertz CT molecular complexity index is 717. The fraction of sp³-hybridized carbons (Fsp3) is 0.389. The highest BCUT2D eigenvalue weighted by molar-refractivity contribution is 5.89. The molecule has 0 bridgehead atoms. The van der Waals surface area contributed by atoms with Crippen molar-refractivity contribution in [3.63, 3.8) is 0 Å². The van der Waals surface area contributed by atoms with Gasteiger partial charge in [-0.05, 0) is 38.1 Å². The van der Waals surface area contributed by atoms with Crippen molar-refractivity contribution in [2.75, 3.05) is 36.5 Å². The lowest BCUT2D eigenvalue weighted by molar-refractivity contribution is 0.0601. The van der Waals surface area contributed by atoms with Crippen LogP contribution in [0.3, 0.4) is 0 Å². The van der Waals surface area contributed by atoms with Crippen LogP contribution in [0.5, 0.6) is 0 Å². The van der Waals surface area contributed by atoms with Gasteiger partial charge in [0, 0.05) is 37.6 Å². The van der Waals surface area contributed by atoms with E-state index in [0.29, 0.717) is 11.6 Å². The molecule has 1 aromatic heterocycles. The van der Waals surface area contributed by atoms with Crippen LogP contribution >= 0.6 is 0 Å². The Kier molecular flexibility index (Phi) is 4.64. The summed E-state index contributed by atoms with van der Waals surface area (Å²) in [6, 6.07) is 7.89. The minimum Gasteiger partial charge on any atom is -0.465 e. The summed E-state index contributed by atoms with van der Waals surface area (Å²) in [5.74, 6) is 0.626. The number of nitrogens with zero attached hydrogens (tertiary/aromatic N) is 4. The second-order valence-corrected chi connectivity index (χ2v) is 6.05. The average Bonchev–Trinajstić information content (AvgIpc) is 2.61. The number of carbonyl (C=O) groups excluding carboxylic acids is 1. The summed E-state index contributed by atoms with van der Waals surface area (Å²) >= 11 is 0. The maximum atomic E-state index is 11.5. The van der Waals surface area contributed by atoms with Crippen molar-refractivity contribution in [1.82, 2.24) is 9.97 Å². The van der Waals surface area contributed by atoms with E-state index in [1.807, 2.05) is 37.4 Å².